The van der Waals surface area contributed by atoms with Crippen LogP contribution in [0.5, 0.6) is 0 Å². The first-order valence-electron chi connectivity index (χ1n) is 44.8. The number of alkyl halides is 3. The summed E-state index contributed by atoms with van der Waals surface area (Å²) in [6, 6.07) is 61.1. The number of carbonyl (C=O) groups is 2. The molecule has 6 aliphatic rings. The minimum absolute atomic E-state index is 0.0393. The van der Waals surface area contributed by atoms with E-state index in [-0.39, 0.29) is 17.2 Å². The number of ketones is 1. The Kier molecular flexibility index (Phi) is 33.9. The molecule has 1 aliphatic carbocycles. The van der Waals surface area contributed by atoms with E-state index in [1.54, 1.807) is 29.8 Å². The number of likely N-dealkylation sites (tertiary alicyclic amines) is 2. The number of amides is 1. The minimum atomic E-state index is -6.01. The average molecular weight is 1820 g/mol. The summed E-state index contributed by atoms with van der Waals surface area (Å²) in [6.07, 6.45) is 13.4. The smallest absolute Gasteiger partial charge is 0.381 e. The summed E-state index contributed by atoms with van der Waals surface area (Å²) in [5.41, 5.74) is 9.10. The summed E-state index contributed by atoms with van der Waals surface area (Å²) in [6.45, 7) is 31.4. The van der Waals surface area contributed by atoms with Crippen LogP contribution < -0.4 is 25.8 Å². The molecule has 0 spiro atoms. The number of aryl methyl sites for hydroxylation is 1. The molecule has 125 heavy (non-hydrogen) atoms. The van der Waals surface area contributed by atoms with Gasteiger partial charge in [0.25, 0.3) is 15.7 Å². The van der Waals surface area contributed by atoms with Gasteiger partial charge in [-0.15, -0.1) is 23.5 Å². The van der Waals surface area contributed by atoms with Gasteiger partial charge in [0, 0.05) is 176 Å². The number of halogens is 5. The van der Waals surface area contributed by atoms with Crippen molar-refractivity contribution in [2.75, 3.05) is 155 Å². The van der Waals surface area contributed by atoms with Crippen molar-refractivity contribution in [1.82, 2.24) is 29.8 Å². The largest absolute Gasteiger partial charge is 0.501 e. The van der Waals surface area contributed by atoms with Crippen molar-refractivity contribution in [1.29, 1.82) is 0 Å². The molecule has 25 heteroatoms. The second-order valence-electron chi connectivity index (χ2n) is 35.5. The molecule has 14 rings (SSSR count). The summed E-state index contributed by atoms with van der Waals surface area (Å²) in [5.74, 6) is 0.219. The molecule has 0 unspecified atom stereocenters. The van der Waals surface area contributed by atoms with Crippen LogP contribution >= 0.6 is 46.7 Å². The van der Waals surface area contributed by atoms with Crippen molar-refractivity contribution >= 4 is 112 Å². The highest BCUT2D eigenvalue weighted by molar-refractivity contribution is 7.99. The molecule has 670 valence electrons. The monoisotopic (exact) mass is 1820 g/mol. The van der Waals surface area contributed by atoms with Crippen LogP contribution in [0.3, 0.4) is 0 Å². The summed E-state index contributed by atoms with van der Waals surface area (Å²) < 4.78 is 96.3. The second kappa shape index (κ2) is 44.6. The first-order valence-corrected chi connectivity index (χ1v) is 50.7. The van der Waals surface area contributed by atoms with Crippen LogP contribution in [-0.2, 0) is 26.2 Å². The van der Waals surface area contributed by atoms with Gasteiger partial charge >= 0.3 is 5.51 Å². The van der Waals surface area contributed by atoms with Gasteiger partial charge in [0.1, 0.15) is 10.6 Å². The predicted molar refractivity (Wildman–Crippen MR) is 512 cm³/mol. The third-order valence-electron chi connectivity index (χ3n) is 26.2. The number of piperidine rings is 2. The van der Waals surface area contributed by atoms with Gasteiger partial charge in [-0.25, -0.2) is 16.8 Å². The number of piperazine rings is 2. The lowest BCUT2D eigenvalue weighted by molar-refractivity contribution is -0.0436. The first-order chi connectivity index (χ1) is 60.1. The average Bonchev–Trinajstić information content (AvgIpc) is 0.764. The first kappa shape index (κ1) is 94.9. The number of Topliss-reactive ketones (excluding diaryl/α,β-unsaturated/α-hetero) is 1. The fourth-order valence-corrected chi connectivity index (χ4v) is 22.5. The van der Waals surface area contributed by atoms with Gasteiger partial charge < -0.3 is 35.6 Å². The molecule has 8 aromatic rings. The Bertz CT molecular complexity index is 5160. The van der Waals surface area contributed by atoms with E-state index in [1.165, 1.54) is 100 Å². The maximum Gasteiger partial charge on any atom is 0.501 e. The number of hydrogen-bond acceptors (Lipinski definition) is 17. The number of allylic oxidation sites excluding steroid dienone is 1. The Hall–Kier alpha value is -7.65. The van der Waals surface area contributed by atoms with Crippen LogP contribution in [0.15, 0.2) is 225 Å². The third kappa shape index (κ3) is 26.6. The zero-order chi connectivity index (χ0) is 88.3. The van der Waals surface area contributed by atoms with Gasteiger partial charge in [-0.05, 0) is 283 Å². The highest BCUT2D eigenvalue weighted by Gasteiger charge is 2.49. The summed E-state index contributed by atoms with van der Waals surface area (Å²) in [5, 5.41) is 11.6. The molecule has 4 fully saturated rings. The molecule has 0 bridgehead atoms. The highest BCUT2D eigenvalue weighted by Crippen LogP contribution is 2.48. The van der Waals surface area contributed by atoms with Crippen molar-refractivity contribution in [3.05, 3.63) is 249 Å². The molecule has 8 aromatic carbocycles. The topological polar surface area (TPSA) is 161 Å². The maximum absolute atomic E-state index is 14.2. The zero-order valence-electron chi connectivity index (χ0n) is 73.4. The van der Waals surface area contributed by atoms with E-state index in [2.05, 4.69) is 177 Å². The molecular weight excluding hydrogens is 1690 g/mol. The molecule has 0 aromatic heterocycles. The Morgan fingerprint density at radius 2 is 1.00 bits per heavy atom. The third-order valence-corrected chi connectivity index (χ3v) is 32.1. The second-order valence-corrected chi connectivity index (χ2v) is 42.5. The fraction of sp³-hybridized carbons (Fsp3) is 0.460. The number of anilines is 4. The normalized spacial score (nSPS) is 18.8. The minimum Gasteiger partial charge on any atom is -0.381 e. The Labute approximate surface area is 759 Å². The van der Waals surface area contributed by atoms with Gasteiger partial charge in [0.2, 0.25) is 0 Å². The lowest BCUT2D eigenvalue weighted by atomic mass is 9.66. The quantitative estimate of drug-likeness (QED) is 0.0258. The van der Waals surface area contributed by atoms with Crippen molar-refractivity contribution in [3.8, 4) is 0 Å². The van der Waals surface area contributed by atoms with Gasteiger partial charge in [-0.1, -0.05) is 135 Å². The number of carbonyl (C=O) groups excluding carboxylic acids is 2. The van der Waals surface area contributed by atoms with E-state index < -0.39 is 52.6 Å². The van der Waals surface area contributed by atoms with E-state index >= 15 is 0 Å². The van der Waals surface area contributed by atoms with Gasteiger partial charge in [-0.3, -0.25) is 24.3 Å². The number of nitrogens with one attached hydrogen (secondary N) is 3. The van der Waals surface area contributed by atoms with E-state index in [4.69, 9.17) is 23.2 Å². The molecular formula is C100H125Cl2F3N10O6S4. The maximum atomic E-state index is 14.2. The number of hydrogen-bond donors (Lipinski definition) is 3. The molecule has 4 saturated heterocycles. The summed E-state index contributed by atoms with van der Waals surface area (Å²) in [7, 11) is -10.6. The zero-order valence-corrected chi connectivity index (χ0v) is 78.2. The van der Waals surface area contributed by atoms with Crippen molar-refractivity contribution in [3.63, 3.8) is 0 Å². The van der Waals surface area contributed by atoms with Crippen LogP contribution in [0, 0.1) is 18.3 Å². The van der Waals surface area contributed by atoms with E-state index in [0.717, 1.165) is 182 Å². The van der Waals surface area contributed by atoms with E-state index in [0.29, 0.717) is 65.3 Å². The molecule has 5 heterocycles. The number of thioether (sulfide) groups is 2. The standard InChI is InChI=1S/C51H66ClN5OS.C49H59ClF3N5O5S3/c1-38(2)51(4)25-23-48(41-14-18-44(52)19-15-41)43(34-51)36-56-29-31-57(32-30-56)46-20-16-42(17-21-46)50(58)53-35-40-13-22-49(39(3)33-40)54-45(24-28-55-26-9-6-10-27-55)37-59-47-11-7-5-8-12-47;1-36(2)58-26-22-45(37-11-15-40(50)16-12-37)39(33-58)32-56-27-29-57(30-28-56)42-17-13-38(14-18-42)47(59)35-65(60,61)44-19-20-46(48(31-44)66(62,63)49(51,52)53)54-41(21-25-55-23-7-4-8-24-55)34-64-43-9-5-3-6-10-43/h5,7-8,11-22,33,38,45,54H,6,9-10,23-32,34-37H2,1-4H3,(H,53,58);3,5-6,9-20,31,36,41,54H,4,7-8,21-30,32-35H2,1-2H3/t45-,51+;41-/m11/s1. The highest BCUT2D eigenvalue weighted by atomic mass is 35.5. The number of sulfone groups is 2. The molecule has 1 amide bonds. The number of nitrogens with zero attached hydrogens (tertiary/aromatic N) is 7. The molecule has 3 atom stereocenters. The molecule has 16 nitrogen and oxygen atoms in total. The van der Waals surface area contributed by atoms with E-state index in [9.17, 15) is 39.6 Å². The molecule has 3 N–H and O–H groups in total. The van der Waals surface area contributed by atoms with Gasteiger partial charge in [0.05, 0.1) is 10.6 Å². The Morgan fingerprint density at radius 3 is 1.49 bits per heavy atom. The molecule has 0 radical (unpaired) electrons. The van der Waals surface area contributed by atoms with Crippen LogP contribution in [0.4, 0.5) is 35.9 Å². The Morgan fingerprint density at radius 1 is 0.520 bits per heavy atom. The van der Waals surface area contributed by atoms with Crippen molar-refractivity contribution in [2.24, 2.45) is 11.3 Å². The van der Waals surface area contributed by atoms with Gasteiger partial charge in [-0.2, -0.15) is 13.2 Å². The van der Waals surface area contributed by atoms with Crippen LogP contribution in [0.1, 0.15) is 155 Å². The molecule has 5 aliphatic heterocycles. The van der Waals surface area contributed by atoms with Crippen molar-refractivity contribution < 1.29 is 39.6 Å². The number of rotatable bonds is 34. The molecule has 0 saturated carbocycles. The number of benzene rings is 8. The predicted octanol–water partition coefficient (Wildman–Crippen LogP) is 20.9. The summed E-state index contributed by atoms with van der Waals surface area (Å²) >= 11 is 15.9. The van der Waals surface area contributed by atoms with E-state index in [1.807, 2.05) is 78.5 Å². The SMILES string of the molecule is CC(C)N1CCC(c2ccc(Cl)cc2)=C(CN2CCN(c3ccc(C(=O)CS(=O)(=O)c4ccc(N[C@H](CCN5CCCCC5)CSc5ccccc5)c(S(=O)(=O)C(F)(F)F)c4)cc3)CC2)C1.Cc1cc(CNC(=O)c2ccc(N3CCN(CC4=C(c5ccc(Cl)cc5)CC[C@](C)(C(C)C)C4)CC3)cc2)ccc1N[C@H](CCN1CCCCC1)CSc1ccccc1. The van der Waals surface area contributed by atoms with Crippen LogP contribution in [0.2, 0.25) is 10.0 Å². The van der Waals surface area contributed by atoms with Gasteiger partial charge in [0.15, 0.2) is 15.6 Å². The Balaban J connectivity index is 0.000000216. The van der Waals surface area contributed by atoms with Crippen LogP contribution in [-0.4, -0.2) is 212 Å². The lowest BCUT2D eigenvalue weighted by Crippen LogP contribution is -2.48. The summed E-state index contributed by atoms with van der Waals surface area (Å²) in [4.78, 5) is 44.3. The fourth-order valence-electron chi connectivity index (χ4n) is 18.0. The van der Waals surface area contributed by atoms with Crippen LogP contribution in [0.25, 0.3) is 11.1 Å². The lowest BCUT2D eigenvalue weighted by Gasteiger charge is -2.42. The van der Waals surface area contributed by atoms with Crippen molar-refractivity contribution in [2.45, 2.75) is 168 Å².